The fourth-order valence-electron chi connectivity index (χ4n) is 1.49. The highest BCUT2D eigenvalue weighted by Gasteiger charge is 2.08. The number of alkyl halides is 1. The Bertz CT molecular complexity index is 486. The molecule has 0 aliphatic heterocycles. The van der Waals surface area contributed by atoms with Crippen LogP contribution in [-0.2, 0) is 0 Å². The molecule has 16 heavy (non-hydrogen) atoms. The summed E-state index contributed by atoms with van der Waals surface area (Å²) in [5, 5.41) is 8.24. The monoisotopic (exact) mass is 280 g/mol. The summed E-state index contributed by atoms with van der Waals surface area (Å²) >= 11 is 3.50. The standard InChI is InChI=1S/C11H13BrN4/c1-8(12)7-16(2)11-13-9-5-3-4-6-10(9)14-15-11/h3-6,8H,7H2,1-2H3. The molecule has 0 radical (unpaired) electrons. The Hall–Kier alpha value is -1.23. The molecular weight excluding hydrogens is 268 g/mol. The number of fused-ring (bicyclic) bond motifs is 1. The first-order valence-corrected chi connectivity index (χ1v) is 6.03. The van der Waals surface area contributed by atoms with Gasteiger partial charge in [0.1, 0.15) is 5.52 Å². The lowest BCUT2D eigenvalue weighted by Crippen LogP contribution is -2.26. The Labute approximate surface area is 103 Å². The molecule has 0 aliphatic rings. The molecule has 0 bridgehead atoms. The highest BCUT2D eigenvalue weighted by molar-refractivity contribution is 9.09. The lowest BCUT2D eigenvalue weighted by molar-refractivity contribution is 0.823. The zero-order chi connectivity index (χ0) is 11.5. The second-order valence-electron chi connectivity index (χ2n) is 3.76. The molecule has 4 nitrogen and oxygen atoms in total. The number of aromatic nitrogens is 3. The zero-order valence-electron chi connectivity index (χ0n) is 9.26. The molecule has 0 aliphatic carbocycles. The van der Waals surface area contributed by atoms with E-state index >= 15 is 0 Å². The number of anilines is 1. The number of halogens is 1. The van der Waals surface area contributed by atoms with Crippen LogP contribution in [0.4, 0.5) is 5.95 Å². The summed E-state index contributed by atoms with van der Waals surface area (Å²) in [6, 6.07) is 7.74. The smallest absolute Gasteiger partial charge is 0.245 e. The van der Waals surface area contributed by atoms with Gasteiger partial charge in [-0.3, -0.25) is 0 Å². The first kappa shape index (κ1) is 11.3. The van der Waals surface area contributed by atoms with Crippen LogP contribution in [-0.4, -0.2) is 33.6 Å². The second kappa shape index (κ2) is 4.74. The number of rotatable bonds is 3. The first-order valence-electron chi connectivity index (χ1n) is 5.11. The predicted octanol–water partition coefficient (Wildman–Crippen LogP) is 2.24. The predicted molar refractivity (Wildman–Crippen MR) is 69.0 cm³/mol. The van der Waals surface area contributed by atoms with Gasteiger partial charge in [-0.25, -0.2) is 4.98 Å². The Morgan fingerprint density at radius 2 is 1.94 bits per heavy atom. The van der Waals surface area contributed by atoms with Crippen LogP contribution in [0.5, 0.6) is 0 Å². The van der Waals surface area contributed by atoms with Crippen LogP contribution >= 0.6 is 15.9 Å². The second-order valence-corrected chi connectivity index (χ2v) is 5.32. The van der Waals surface area contributed by atoms with Crippen LogP contribution in [0, 0.1) is 0 Å². The Kier molecular flexibility index (Phi) is 3.33. The van der Waals surface area contributed by atoms with Crippen molar-refractivity contribution >= 4 is 32.9 Å². The van der Waals surface area contributed by atoms with Crippen molar-refractivity contribution in [1.29, 1.82) is 0 Å². The van der Waals surface area contributed by atoms with Gasteiger partial charge in [0.15, 0.2) is 0 Å². The largest absolute Gasteiger partial charge is 0.341 e. The average Bonchev–Trinajstić information content (AvgIpc) is 2.27. The molecule has 0 saturated heterocycles. The van der Waals surface area contributed by atoms with Crippen LogP contribution in [0.2, 0.25) is 0 Å². The third kappa shape index (κ3) is 2.47. The minimum atomic E-state index is 0.396. The summed E-state index contributed by atoms with van der Waals surface area (Å²) in [5.41, 5.74) is 1.70. The van der Waals surface area contributed by atoms with E-state index in [0.717, 1.165) is 17.6 Å². The number of hydrogen-bond acceptors (Lipinski definition) is 4. The normalized spacial score (nSPS) is 12.7. The van der Waals surface area contributed by atoms with Gasteiger partial charge in [0.05, 0.1) is 5.52 Å². The SMILES string of the molecule is CC(Br)CN(C)c1nnc2ccccc2n1. The quantitative estimate of drug-likeness (QED) is 0.809. The Morgan fingerprint density at radius 1 is 1.25 bits per heavy atom. The molecule has 0 saturated carbocycles. The van der Waals surface area contributed by atoms with E-state index in [1.165, 1.54) is 0 Å². The maximum absolute atomic E-state index is 4.46. The van der Waals surface area contributed by atoms with E-state index in [9.17, 15) is 0 Å². The maximum Gasteiger partial charge on any atom is 0.245 e. The van der Waals surface area contributed by atoms with Gasteiger partial charge in [0.25, 0.3) is 0 Å². The van der Waals surface area contributed by atoms with Crippen LogP contribution < -0.4 is 4.90 Å². The van der Waals surface area contributed by atoms with Crippen molar-refractivity contribution in [3.05, 3.63) is 24.3 Å². The van der Waals surface area contributed by atoms with Crippen LogP contribution in [0.15, 0.2) is 24.3 Å². The molecule has 5 heteroatoms. The number of para-hydroxylation sites is 1. The van der Waals surface area contributed by atoms with E-state index in [2.05, 4.69) is 38.0 Å². The Balaban J connectivity index is 2.32. The summed E-state index contributed by atoms with van der Waals surface area (Å²) in [7, 11) is 1.96. The number of benzene rings is 1. The van der Waals surface area contributed by atoms with Crippen molar-refractivity contribution in [2.45, 2.75) is 11.8 Å². The molecule has 1 aromatic carbocycles. The van der Waals surface area contributed by atoms with Crippen molar-refractivity contribution in [3.63, 3.8) is 0 Å². The van der Waals surface area contributed by atoms with Gasteiger partial charge in [-0.05, 0) is 12.1 Å². The lowest BCUT2D eigenvalue weighted by Gasteiger charge is -2.17. The van der Waals surface area contributed by atoms with Gasteiger partial charge in [0.2, 0.25) is 5.95 Å². The summed E-state index contributed by atoms with van der Waals surface area (Å²) in [6.07, 6.45) is 0. The van der Waals surface area contributed by atoms with Crippen LogP contribution in [0.1, 0.15) is 6.92 Å². The topological polar surface area (TPSA) is 41.9 Å². The van der Waals surface area contributed by atoms with E-state index in [4.69, 9.17) is 0 Å². The summed E-state index contributed by atoms with van der Waals surface area (Å²) < 4.78 is 0. The number of hydrogen-bond donors (Lipinski definition) is 0. The molecule has 0 amide bonds. The third-order valence-electron chi connectivity index (χ3n) is 2.22. The summed E-state index contributed by atoms with van der Waals surface area (Å²) in [5.74, 6) is 0.657. The van der Waals surface area contributed by atoms with Gasteiger partial charge in [-0.2, -0.15) is 0 Å². The van der Waals surface area contributed by atoms with E-state index in [1.807, 2.05) is 36.2 Å². The molecule has 0 N–H and O–H groups in total. The van der Waals surface area contributed by atoms with E-state index < -0.39 is 0 Å². The highest BCUT2D eigenvalue weighted by Crippen LogP contribution is 2.12. The maximum atomic E-state index is 4.46. The van der Waals surface area contributed by atoms with E-state index in [1.54, 1.807) is 0 Å². The van der Waals surface area contributed by atoms with Crippen LogP contribution in [0.3, 0.4) is 0 Å². The van der Waals surface area contributed by atoms with Crippen LogP contribution in [0.25, 0.3) is 11.0 Å². The van der Waals surface area contributed by atoms with E-state index in [-0.39, 0.29) is 0 Å². The molecule has 1 unspecified atom stereocenters. The van der Waals surface area contributed by atoms with Crippen molar-refractivity contribution in [1.82, 2.24) is 15.2 Å². The van der Waals surface area contributed by atoms with Crippen molar-refractivity contribution < 1.29 is 0 Å². The van der Waals surface area contributed by atoms with Crippen molar-refractivity contribution in [3.8, 4) is 0 Å². The molecule has 0 fully saturated rings. The van der Waals surface area contributed by atoms with Gasteiger partial charge in [0, 0.05) is 18.4 Å². The van der Waals surface area contributed by atoms with Gasteiger partial charge in [-0.1, -0.05) is 35.0 Å². The first-order chi connectivity index (χ1) is 7.66. The molecule has 1 aromatic heterocycles. The molecule has 1 atom stereocenters. The zero-order valence-corrected chi connectivity index (χ0v) is 10.8. The molecule has 1 heterocycles. The molecular formula is C11H13BrN4. The van der Waals surface area contributed by atoms with Crippen molar-refractivity contribution in [2.24, 2.45) is 0 Å². The molecule has 2 aromatic rings. The minimum Gasteiger partial charge on any atom is -0.341 e. The van der Waals surface area contributed by atoms with Gasteiger partial charge < -0.3 is 4.90 Å². The lowest BCUT2D eigenvalue weighted by atomic mass is 10.3. The Morgan fingerprint density at radius 3 is 2.62 bits per heavy atom. The fraction of sp³-hybridized carbons (Fsp3) is 0.364. The highest BCUT2D eigenvalue weighted by atomic mass is 79.9. The number of nitrogens with zero attached hydrogens (tertiary/aromatic N) is 4. The van der Waals surface area contributed by atoms with Gasteiger partial charge >= 0.3 is 0 Å². The van der Waals surface area contributed by atoms with Crippen molar-refractivity contribution in [2.75, 3.05) is 18.5 Å². The molecule has 0 spiro atoms. The summed E-state index contributed by atoms with van der Waals surface area (Å²) in [4.78, 5) is 6.84. The third-order valence-corrected chi connectivity index (χ3v) is 2.51. The summed E-state index contributed by atoms with van der Waals surface area (Å²) in [6.45, 7) is 2.94. The fourth-order valence-corrected chi connectivity index (χ4v) is 1.93. The average molecular weight is 281 g/mol. The van der Waals surface area contributed by atoms with E-state index in [0.29, 0.717) is 10.8 Å². The van der Waals surface area contributed by atoms with Gasteiger partial charge in [-0.15, -0.1) is 10.2 Å². The minimum absolute atomic E-state index is 0.396. The molecule has 2 rings (SSSR count). The molecule has 84 valence electrons.